The molecule has 0 heterocycles. The molecule has 0 N–H and O–H groups in total. The maximum absolute atomic E-state index is 11.4. The second-order valence-corrected chi connectivity index (χ2v) is 4.91. The molecule has 2 amide bonds. The summed E-state index contributed by atoms with van der Waals surface area (Å²) in [6.45, 7) is 4.10. The molecule has 0 aliphatic heterocycles. The van der Waals surface area contributed by atoms with E-state index < -0.39 is 24.1 Å². The largest absolute Gasteiger partial charge is 0.461 e. The van der Waals surface area contributed by atoms with E-state index in [4.69, 9.17) is 18.9 Å². The number of carbonyl (C=O) groups is 4. The molecule has 0 unspecified atom stereocenters. The Morgan fingerprint density at radius 3 is 1.35 bits per heavy atom. The summed E-state index contributed by atoms with van der Waals surface area (Å²) in [4.78, 5) is 48.0. The predicted molar refractivity (Wildman–Crippen MR) is 90.4 cm³/mol. The van der Waals surface area contributed by atoms with Gasteiger partial charge in [-0.15, -0.1) is 0 Å². The molecule has 0 aromatic heterocycles. The summed E-state index contributed by atoms with van der Waals surface area (Å²) >= 11 is 0. The van der Waals surface area contributed by atoms with Crippen LogP contribution >= 0.6 is 0 Å². The summed E-state index contributed by atoms with van der Waals surface area (Å²) < 4.78 is 19.2. The fourth-order valence-electron chi connectivity index (χ4n) is 1.45. The second-order valence-electron chi connectivity index (χ2n) is 4.91. The van der Waals surface area contributed by atoms with E-state index in [1.165, 1.54) is 23.9 Å². The van der Waals surface area contributed by atoms with Gasteiger partial charge in [-0.1, -0.05) is 0 Å². The van der Waals surface area contributed by atoms with Gasteiger partial charge < -0.3 is 28.7 Å². The highest BCUT2D eigenvalue weighted by atomic mass is 16.6. The number of hydrogen-bond acceptors (Lipinski definition) is 8. The molecule has 0 saturated carbocycles. The molecule has 0 aromatic carbocycles. The SMILES string of the molecule is CCOC(=O)N(C)CCOC(=O)/C=C/C(=O)OCCN(C)C(=O)OCC. The molecule has 0 rings (SSSR count). The maximum atomic E-state index is 11.4. The average Bonchev–Trinajstić information content (AvgIpc) is 2.60. The molecule has 148 valence electrons. The van der Waals surface area contributed by atoms with Crippen LogP contribution in [0.1, 0.15) is 13.8 Å². The number of rotatable bonds is 10. The normalized spacial score (nSPS) is 10.2. The van der Waals surface area contributed by atoms with Gasteiger partial charge in [0.25, 0.3) is 0 Å². The minimum atomic E-state index is -0.747. The zero-order valence-corrected chi connectivity index (χ0v) is 15.6. The molecule has 0 aliphatic rings. The van der Waals surface area contributed by atoms with E-state index in [-0.39, 0.29) is 39.5 Å². The average molecular weight is 374 g/mol. The smallest absolute Gasteiger partial charge is 0.409 e. The summed E-state index contributed by atoms with van der Waals surface area (Å²) in [5.41, 5.74) is 0. The van der Waals surface area contributed by atoms with Crippen molar-refractivity contribution in [3.63, 3.8) is 0 Å². The molecule has 10 nitrogen and oxygen atoms in total. The first-order valence-corrected chi connectivity index (χ1v) is 8.09. The Morgan fingerprint density at radius 2 is 1.04 bits per heavy atom. The van der Waals surface area contributed by atoms with E-state index in [9.17, 15) is 19.2 Å². The zero-order valence-electron chi connectivity index (χ0n) is 15.6. The Balaban J connectivity index is 3.97. The number of nitrogens with zero attached hydrogens (tertiary/aromatic N) is 2. The molecule has 0 radical (unpaired) electrons. The van der Waals surface area contributed by atoms with E-state index >= 15 is 0 Å². The second kappa shape index (κ2) is 13.5. The molecular weight excluding hydrogens is 348 g/mol. The van der Waals surface area contributed by atoms with Crippen molar-refractivity contribution in [1.82, 2.24) is 9.80 Å². The van der Waals surface area contributed by atoms with Gasteiger partial charge in [-0.05, 0) is 13.8 Å². The summed E-state index contributed by atoms with van der Waals surface area (Å²) in [5.74, 6) is -1.49. The van der Waals surface area contributed by atoms with Gasteiger partial charge in [0.15, 0.2) is 0 Å². The highest BCUT2D eigenvalue weighted by Crippen LogP contribution is 1.93. The third kappa shape index (κ3) is 10.9. The van der Waals surface area contributed by atoms with Gasteiger partial charge >= 0.3 is 24.1 Å². The lowest BCUT2D eigenvalue weighted by Crippen LogP contribution is -2.31. The third-order valence-corrected chi connectivity index (χ3v) is 2.86. The van der Waals surface area contributed by atoms with Crippen LogP contribution in [-0.2, 0) is 28.5 Å². The molecule has 26 heavy (non-hydrogen) atoms. The van der Waals surface area contributed by atoms with Gasteiger partial charge in [-0.25, -0.2) is 19.2 Å². The van der Waals surface area contributed by atoms with Crippen molar-refractivity contribution in [2.24, 2.45) is 0 Å². The minimum absolute atomic E-state index is 0.0438. The molecule has 0 aromatic rings. The van der Waals surface area contributed by atoms with E-state index in [1.54, 1.807) is 13.8 Å². The van der Waals surface area contributed by atoms with Crippen LogP contribution in [0.3, 0.4) is 0 Å². The van der Waals surface area contributed by atoms with Gasteiger partial charge in [-0.2, -0.15) is 0 Å². The van der Waals surface area contributed by atoms with Crippen LogP contribution in [0.25, 0.3) is 0 Å². The molecule has 0 fully saturated rings. The molecule has 0 saturated heterocycles. The van der Waals surface area contributed by atoms with E-state index in [2.05, 4.69) is 0 Å². The van der Waals surface area contributed by atoms with E-state index in [1.807, 2.05) is 0 Å². The number of carbonyl (C=O) groups excluding carboxylic acids is 4. The number of esters is 2. The van der Waals surface area contributed by atoms with Crippen LogP contribution in [0.15, 0.2) is 12.2 Å². The van der Waals surface area contributed by atoms with Gasteiger partial charge in [0.05, 0.1) is 26.3 Å². The first-order valence-electron chi connectivity index (χ1n) is 8.09. The first kappa shape index (κ1) is 23.2. The van der Waals surface area contributed by atoms with Crippen LogP contribution in [0.2, 0.25) is 0 Å². The Kier molecular flexibility index (Phi) is 12.1. The number of amides is 2. The standard InChI is InChI=1S/C16H26N2O8/c1-5-23-15(21)17(3)9-11-25-13(19)7-8-14(20)26-12-10-18(4)16(22)24-6-2/h7-8H,5-6,9-12H2,1-4H3/b8-7+. The van der Waals surface area contributed by atoms with Crippen molar-refractivity contribution in [3.05, 3.63) is 12.2 Å². The Bertz CT molecular complexity index is 462. The van der Waals surface area contributed by atoms with Gasteiger partial charge in [-0.3, -0.25) is 0 Å². The predicted octanol–water partition coefficient (Wildman–Crippen LogP) is 0.806. The maximum Gasteiger partial charge on any atom is 0.409 e. The van der Waals surface area contributed by atoms with Crippen molar-refractivity contribution < 1.29 is 38.1 Å². The Morgan fingerprint density at radius 1 is 0.692 bits per heavy atom. The molecular formula is C16H26N2O8. The lowest BCUT2D eigenvalue weighted by Gasteiger charge is -2.15. The highest BCUT2D eigenvalue weighted by molar-refractivity contribution is 5.91. The monoisotopic (exact) mass is 374 g/mol. The zero-order chi connectivity index (χ0) is 19.9. The summed E-state index contributed by atoms with van der Waals surface area (Å²) in [6.07, 6.45) is 0.801. The van der Waals surface area contributed by atoms with Crippen molar-refractivity contribution >= 4 is 24.1 Å². The van der Waals surface area contributed by atoms with Crippen molar-refractivity contribution in [3.8, 4) is 0 Å². The Hall–Kier alpha value is -2.78. The number of ether oxygens (including phenoxy) is 4. The fourth-order valence-corrected chi connectivity index (χ4v) is 1.45. The van der Waals surface area contributed by atoms with Gasteiger partial charge in [0, 0.05) is 26.2 Å². The lowest BCUT2D eigenvalue weighted by molar-refractivity contribution is -0.140. The van der Waals surface area contributed by atoms with Crippen molar-refractivity contribution in [1.29, 1.82) is 0 Å². The van der Waals surface area contributed by atoms with Crippen LogP contribution in [0, 0.1) is 0 Å². The van der Waals surface area contributed by atoms with Crippen molar-refractivity contribution in [2.45, 2.75) is 13.8 Å². The van der Waals surface area contributed by atoms with Gasteiger partial charge in [0.2, 0.25) is 0 Å². The topological polar surface area (TPSA) is 112 Å². The Labute approximate surface area is 152 Å². The third-order valence-electron chi connectivity index (χ3n) is 2.86. The fraction of sp³-hybridized carbons (Fsp3) is 0.625. The highest BCUT2D eigenvalue weighted by Gasteiger charge is 2.10. The molecule has 0 bridgehead atoms. The first-order chi connectivity index (χ1) is 12.3. The van der Waals surface area contributed by atoms with Crippen molar-refractivity contribution in [2.75, 3.05) is 53.6 Å². The minimum Gasteiger partial charge on any atom is -0.461 e. The summed E-state index contributed by atoms with van der Waals surface area (Å²) in [7, 11) is 3.01. The number of hydrogen-bond donors (Lipinski definition) is 0. The molecule has 0 aliphatic carbocycles. The van der Waals surface area contributed by atoms with Crippen LogP contribution < -0.4 is 0 Å². The summed E-state index contributed by atoms with van der Waals surface area (Å²) in [6, 6.07) is 0. The van der Waals surface area contributed by atoms with E-state index in [0.29, 0.717) is 0 Å². The van der Waals surface area contributed by atoms with E-state index in [0.717, 1.165) is 12.2 Å². The molecule has 10 heteroatoms. The van der Waals surface area contributed by atoms with Crippen LogP contribution in [-0.4, -0.2) is 87.5 Å². The molecule has 0 spiro atoms. The number of likely N-dealkylation sites (N-methyl/N-ethyl adjacent to an activating group) is 2. The quantitative estimate of drug-likeness (QED) is 0.314. The lowest BCUT2D eigenvalue weighted by atomic mass is 10.5. The van der Waals surface area contributed by atoms with Crippen LogP contribution in [0.4, 0.5) is 9.59 Å². The summed E-state index contributed by atoms with van der Waals surface area (Å²) in [5, 5.41) is 0. The van der Waals surface area contributed by atoms with Gasteiger partial charge in [0.1, 0.15) is 13.2 Å². The van der Waals surface area contributed by atoms with Crippen LogP contribution in [0.5, 0.6) is 0 Å². The molecule has 0 atom stereocenters.